The second-order valence-corrected chi connectivity index (χ2v) is 7.25. The van der Waals surface area contributed by atoms with Crippen molar-refractivity contribution in [2.24, 2.45) is 0 Å². The maximum atomic E-state index is 13.4. The SMILES string of the molecule is N#Cc1cccc(-c2c(F)cncc2F)c1.N#Cc1cccc(B(O)O)c1.N#Cc1cncc(F)c1Cl. The molecule has 2 N–H and O–H groups in total. The number of aromatic nitrogens is 2. The highest BCUT2D eigenvalue weighted by Gasteiger charge is 2.12. The number of pyridine rings is 2. The molecule has 0 amide bonds. The van der Waals surface area contributed by atoms with E-state index in [-0.39, 0.29) is 16.1 Å². The van der Waals surface area contributed by atoms with E-state index in [1.807, 2.05) is 12.1 Å². The molecule has 0 aliphatic heterocycles. The summed E-state index contributed by atoms with van der Waals surface area (Å²) in [6.45, 7) is 0. The van der Waals surface area contributed by atoms with Gasteiger partial charge >= 0.3 is 7.12 Å². The van der Waals surface area contributed by atoms with E-state index in [1.54, 1.807) is 42.5 Å². The highest BCUT2D eigenvalue weighted by atomic mass is 35.5. The Labute approximate surface area is 215 Å². The van der Waals surface area contributed by atoms with Gasteiger partial charge in [-0.2, -0.15) is 15.8 Å². The van der Waals surface area contributed by atoms with Gasteiger partial charge in [0.1, 0.15) is 6.07 Å². The first-order valence-corrected chi connectivity index (χ1v) is 10.4. The molecule has 0 saturated heterocycles. The Morgan fingerprint density at radius 3 is 1.81 bits per heavy atom. The molecular formula is C25H14BClF3N5O2. The minimum absolute atomic E-state index is 0.0571. The van der Waals surface area contributed by atoms with E-state index in [9.17, 15) is 13.2 Å². The van der Waals surface area contributed by atoms with Crippen LogP contribution in [0.15, 0.2) is 73.3 Å². The number of hydrogen-bond acceptors (Lipinski definition) is 7. The monoisotopic (exact) mass is 519 g/mol. The average Bonchev–Trinajstić information content (AvgIpc) is 2.91. The molecule has 0 atom stereocenters. The normalized spacial score (nSPS) is 9.27. The van der Waals surface area contributed by atoms with Crippen molar-refractivity contribution in [1.29, 1.82) is 15.8 Å². The number of nitrogens with zero attached hydrogens (tertiary/aromatic N) is 5. The van der Waals surface area contributed by atoms with Crippen molar-refractivity contribution < 1.29 is 23.2 Å². The molecule has 2 aromatic carbocycles. The second kappa shape index (κ2) is 14.0. The van der Waals surface area contributed by atoms with Crippen LogP contribution in [0.2, 0.25) is 5.02 Å². The zero-order chi connectivity index (χ0) is 27.4. The molecule has 0 saturated carbocycles. The van der Waals surface area contributed by atoms with Crippen molar-refractivity contribution in [3.63, 3.8) is 0 Å². The van der Waals surface area contributed by atoms with Crippen LogP contribution in [0.5, 0.6) is 0 Å². The molecule has 0 bridgehead atoms. The Balaban J connectivity index is 0.000000203. The minimum Gasteiger partial charge on any atom is -0.423 e. The van der Waals surface area contributed by atoms with Gasteiger partial charge in [-0.1, -0.05) is 35.9 Å². The van der Waals surface area contributed by atoms with Gasteiger partial charge in [0.2, 0.25) is 0 Å². The summed E-state index contributed by atoms with van der Waals surface area (Å²) in [5.41, 5.74) is 1.35. The highest BCUT2D eigenvalue weighted by molar-refractivity contribution is 6.58. The average molecular weight is 520 g/mol. The molecule has 37 heavy (non-hydrogen) atoms. The number of hydrogen-bond donors (Lipinski definition) is 2. The predicted octanol–water partition coefficient (Wildman–Crippen LogP) is 3.88. The molecular weight excluding hydrogens is 506 g/mol. The highest BCUT2D eigenvalue weighted by Crippen LogP contribution is 2.25. The Morgan fingerprint density at radius 1 is 0.730 bits per heavy atom. The number of benzene rings is 2. The second-order valence-electron chi connectivity index (χ2n) is 6.88. The van der Waals surface area contributed by atoms with E-state index in [2.05, 4.69) is 9.97 Å². The maximum absolute atomic E-state index is 13.4. The summed E-state index contributed by atoms with van der Waals surface area (Å²) in [6, 6.07) is 17.8. The molecule has 2 heterocycles. The fourth-order valence-corrected chi connectivity index (χ4v) is 2.84. The van der Waals surface area contributed by atoms with Gasteiger partial charge in [-0.3, -0.25) is 9.97 Å². The van der Waals surface area contributed by atoms with Crippen LogP contribution < -0.4 is 5.46 Å². The van der Waals surface area contributed by atoms with Gasteiger partial charge in [0.25, 0.3) is 0 Å². The molecule has 0 radical (unpaired) electrons. The lowest BCUT2D eigenvalue weighted by Crippen LogP contribution is -2.29. The van der Waals surface area contributed by atoms with E-state index in [1.165, 1.54) is 18.3 Å². The largest absolute Gasteiger partial charge is 0.488 e. The number of rotatable bonds is 2. The van der Waals surface area contributed by atoms with Crippen LogP contribution in [-0.2, 0) is 0 Å². The van der Waals surface area contributed by atoms with Crippen LogP contribution in [0.3, 0.4) is 0 Å². The van der Waals surface area contributed by atoms with Crippen LogP contribution in [0, 0.1) is 51.4 Å². The van der Waals surface area contributed by atoms with Crippen molar-refractivity contribution in [1.82, 2.24) is 9.97 Å². The van der Waals surface area contributed by atoms with Gasteiger partial charge in [-0.05, 0) is 35.3 Å². The summed E-state index contributed by atoms with van der Waals surface area (Å²) in [4.78, 5) is 6.83. The predicted molar refractivity (Wildman–Crippen MR) is 129 cm³/mol. The smallest absolute Gasteiger partial charge is 0.423 e. The summed E-state index contributed by atoms with van der Waals surface area (Å²) < 4.78 is 39.2. The molecule has 4 aromatic rings. The van der Waals surface area contributed by atoms with Gasteiger partial charge in [-0.25, -0.2) is 13.2 Å². The van der Waals surface area contributed by atoms with Crippen LogP contribution in [-0.4, -0.2) is 27.1 Å². The number of nitriles is 3. The molecule has 2 aromatic heterocycles. The van der Waals surface area contributed by atoms with Gasteiger partial charge in [0.15, 0.2) is 17.5 Å². The first-order chi connectivity index (χ1) is 17.7. The van der Waals surface area contributed by atoms with Crippen LogP contribution in [0.1, 0.15) is 16.7 Å². The minimum atomic E-state index is -1.50. The number of halogens is 4. The first-order valence-electron chi connectivity index (χ1n) is 10.1. The first kappa shape index (κ1) is 28.5. The lowest BCUT2D eigenvalue weighted by molar-refractivity contribution is 0.426. The molecule has 0 spiro atoms. The molecule has 0 fully saturated rings. The Bertz CT molecular complexity index is 1500. The quantitative estimate of drug-likeness (QED) is 0.383. The van der Waals surface area contributed by atoms with Crippen LogP contribution in [0.25, 0.3) is 11.1 Å². The van der Waals surface area contributed by atoms with Gasteiger partial charge in [-0.15, -0.1) is 0 Å². The summed E-state index contributed by atoms with van der Waals surface area (Å²) in [5, 5.41) is 42.6. The zero-order valence-corrected chi connectivity index (χ0v) is 19.4. The summed E-state index contributed by atoms with van der Waals surface area (Å²) in [7, 11) is -1.50. The van der Waals surface area contributed by atoms with E-state index < -0.39 is 24.6 Å². The molecule has 7 nitrogen and oxygen atoms in total. The van der Waals surface area contributed by atoms with E-state index in [0.717, 1.165) is 18.6 Å². The van der Waals surface area contributed by atoms with Crippen molar-refractivity contribution in [2.75, 3.05) is 0 Å². The third kappa shape index (κ3) is 8.17. The third-order valence-electron chi connectivity index (χ3n) is 4.41. The van der Waals surface area contributed by atoms with E-state index in [0.29, 0.717) is 22.2 Å². The Morgan fingerprint density at radius 2 is 1.27 bits per heavy atom. The Kier molecular flexibility index (Phi) is 10.8. The van der Waals surface area contributed by atoms with Gasteiger partial charge in [0, 0.05) is 6.20 Å². The van der Waals surface area contributed by atoms with Gasteiger partial charge < -0.3 is 10.0 Å². The van der Waals surface area contributed by atoms with E-state index in [4.69, 9.17) is 37.4 Å². The van der Waals surface area contributed by atoms with E-state index >= 15 is 0 Å². The lowest BCUT2D eigenvalue weighted by atomic mass is 9.80. The summed E-state index contributed by atoms with van der Waals surface area (Å²) in [6.07, 6.45) is 4.06. The lowest BCUT2D eigenvalue weighted by Gasteiger charge is -2.04. The standard InChI is InChI=1S/C12H6F2N2.C7H6BNO2.C6H2ClFN2/c13-10-6-16-7-11(14)12(10)9-3-1-2-8(4-9)5-15;9-5-6-2-1-3-7(4-6)8(10)11;7-6-4(1-9)2-10-3-5(6)8/h1-4,6-7H;1-4,10-11H;2-3H. The van der Waals surface area contributed by atoms with Crippen molar-refractivity contribution in [2.45, 2.75) is 0 Å². The summed E-state index contributed by atoms with van der Waals surface area (Å²) in [5.74, 6) is -2.15. The fraction of sp³-hybridized carbons (Fsp3) is 0. The third-order valence-corrected chi connectivity index (χ3v) is 4.79. The van der Waals surface area contributed by atoms with Crippen LogP contribution >= 0.6 is 11.6 Å². The van der Waals surface area contributed by atoms with Gasteiger partial charge in [0.05, 0.1) is 58.0 Å². The molecule has 0 aliphatic rings. The molecule has 182 valence electrons. The fourth-order valence-electron chi connectivity index (χ4n) is 2.70. The van der Waals surface area contributed by atoms with Crippen molar-refractivity contribution in [3.05, 3.63) is 112 Å². The molecule has 12 heteroatoms. The molecule has 0 aliphatic carbocycles. The van der Waals surface area contributed by atoms with Crippen molar-refractivity contribution in [3.8, 4) is 29.3 Å². The topological polar surface area (TPSA) is 138 Å². The summed E-state index contributed by atoms with van der Waals surface area (Å²) >= 11 is 5.36. The molecule has 0 unspecified atom stereocenters. The zero-order valence-electron chi connectivity index (χ0n) is 18.6. The maximum Gasteiger partial charge on any atom is 0.488 e. The van der Waals surface area contributed by atoms with Crippen LogP contribution in [0.4, 0.5) is 13.2 Å². The van der Waals surface area contributed by atoms with Crippen molar-refractivity contribution >= 4 is 24.2 Å². The Hall–Kier alpha value is -4.73. The molecule has 4 rings (SSSR count).